The van der Waals surface area contributed by atoms with Crippen LogP contribution in [0.25, 0.3) is 10.4 Å². The third kappa shape index (κ3) is 11.9. The number of β-amino-alcohol motifs (C(OH)–C–C–N with tert-alkyl or cyclic N) is 1. The summed E-state index contributed by atoms with van der Waals surface area (Å²) in [6, 6.07) is 22.3. The van der Waals surface area contributed by atoms with Crippen molar-refractivity contribution >= 4 is 69.4 Å². The van der Waals surface area contributed by atoms with E-state index in [0.717, 1.165) is 38.7 Å². The molecule has 2 fully saturated rings. The molecule has 1 unspecified atom stereocenters. The standard InChI is InChI=1S/C55H58F3N7O9S2/c1-33(2)47(63-30-37-10-6-7-11-42(37)50(63)68)51(69)62-31-40(66)28-45(62)49(67)61-44-19-13-35(48-34(3)60-32-76-48)26-46(44)74-23-9-22-71-20-8-21-72-24-25-73-41-17-15-38(16-18-41)65-53(75)64(52(70)54(65,4)5)39-14-12-36(29-59)43(27-39)55(56,57)58/h6-7,10-19,26-27,32-33,40,45,47,66H,8-9,20-25,28,30-31H2,1-5H3,(H,61,67)/t40-,45+,47?/m1/s1. The Bertz CT molecular complexity index is 3020. The van der Waals surface area contributed by atoms with Crippen LogP contribution in [0.2, 0.25) is 0 Å². The average Bonchev–Trinajstić information content (AvgIpc) is 4.14. The van der Waals surface area contributed by atoms with Crippen molar-refractivity contribution in [1.29, 1.82) is 5.26 Å². The van der Waals surface area contributed by atoms with E-state index in [1.54, 1.807) is 77.7 Å². The number of anilines is 3. The highest BCUT2D eigenvalue weighted by atomic mass is 32.1. The Balaban J connectivity index is 0.776. The number of alkyl halides is 3. The van der Waals surface area contributed by atoms with Crippen molar-refractivity contribution in [2.45, 2.75) is 90.3 Å². The number of carbonyl (C=O) groups excluding carboxylic acids is 4. The van der Waals surface area contributed by atoms with E-state index in [4.69, 9.17) is 31.2 Å². The van der Waals surface area contributed by atoms with Crippen molar-refractivity contribution in [3.8, 4) is 28.0 Å². The van der Waals surface area contributed by atoms with Crippen LogP contribution < -0.4 is 24.6 Å². The number of hydrogen-bond acceptors (Lipinski definition) is 13. The highest BCUT2D eigenvalue weighted by Gasteiger charge is 2.51. The van der Waals surface area contributed by atoms with Crippen LogP contribution in [0.4, 0.5) is 30.2 Å². The fourth-order valence-electron chi connectivity index (χ4n) is 9.62. The zero-order chi connectivity index (χ0) is 54.5. The molecule has 4 aromatic carbocycles. The van der Waals surface area contributed by atoms with Gasteiger partial charge in [0.15, 0.2) is 5.11 Å². The molecule has 21 heteroatoms. The number of rotatable bonds is 21. The molecule has 0 spiro atoms. The van der Waals surface area contributed by atoms with Gasteiger partial charge in [-0.3, -0.25) is 24.1 Å². The molecule has 2 N–H and O–H groups in total. The summed E-state index contributed by atoms with van der Waals surface area (Å²) in [4.78, 5) is 66.4. The Morgan fingerprint density at radius 1 is 0.934 bits per heavy atom. The van der Waals surface area contributed by atoms with E-state index < -0.39 is 58.8 Å². The fourth-order valence-corrected chi connectivity index (χ4v) is 10.9. The van der Waals surface area contributed by atoms with Gasteiger partial charge in [0, 0.05) is 57.0 Å². The number of likely N-dealkylation sites (tertiary alicyclic amines) is 1. The predicted molar refractivity (Wildman–Crippen MR) is 283 cm³/mol. The van der Waals surface area contributed by atoms with Crippen molar-refractivity contribution in [2.24, 2.45) is 5.92 Å². The van der Waals surface area contributed by atoms with Crippen LogP contribution in [0.5, 0.6) is 11.5 Å². The number of carbonyl (C=O) groups is 4. The van der Waals surface area contributed by atoms with Crippen molar-refractivity contribution in [2.75, 3.05) is 61.3 Å². The lowest BCUT2D eigenvalue weighted by Gasteiger charge is -2.35. The molecule has 2 saturated heterocycles. The second kappa shape index (κ2) is 23.5. The van der Waals surface area contributed by atoms with Crippen LogP contribution in [0.1, 0.15) is 79.7 Å². The van der Waals surface area contributed by atoms with Crippen LogP contribution in [0.15, 0.2) is 90.4 Å². The minimum Gasteiger partial charge on any atom is -0.491 e. The molecule has 5 aromatic rings. The number of amides is 4. The van der Waals surface area contributed by atoms with Crippen LogP contribution in [-0.4, -0.2) is 119 Å². The minimum atomic E-state index is -4.81. The average molecular weight is 1080 g/mol. The number of nitrogens with zero attached hydrogens (tertiary/aromatic N) is 6. The van der Waals surface area contributed by atoms with Gasteiger partial charge in [-0.2, -0.15) is 18.4 Å². The topological polar surface area (TPSA) is 187 Å². The first-order valence-corrected chi connectivity index (χ1v) is 26.1. The number of nitrogens with one attached hydrogen (secondary N) is 1. The third-order valence-electron chi connectivity index (χ3n) is 13.4. The third-order valence-corrected chi connectivity index (χ3v) is 14.7. The fraction of sp³-hybridized carbons (Fsp3) is 0.400. The normalized spacial score (nSPS) is 17.6. The zero-order valence-electron chi connectivity index (χ0n) is 42.6. The summed E-state index contributed by atoms with van der Waals surface area (Å²) in [5, 5.41) is 23.0. The summed E-state index contributed by atoms with van der Waals surface area (Å²) >= 11 is 7.12. The molecule has 3 atom stereocenters. The van der Waals surface area contributed by atoms with E-state index >= 15 is 0 Å². The Labute approximate surface area is 447 Å². The van der Waals surface area contributed by atoms with E-state index in [1.165, 1.54) is 22.3 Å². The van der Waals surface area contributed by atoms with Gasteiger partial charge >= 0.3 is 6.18 Å². The number of aromatic nitrogens is 1. The highest BCUT2D eigenvalue weighted by Crippen LogP contribution is 2.41. The van der Waals surface area contributed by atoms with Gasteiger partial charge in [-0.25, -0.2) is 4.98 Å². The summed E-state index contributed by atoms with van der Waals surface area (Å²) in [7, 11) is 0. The maximum absolute atomic E-state index is 14.3. The van der Waals surface area contributed by atoms with E-state index in [2.05, 4.69) is 10.3 Å². The molecule has 8 rings (SSSR count). The van der Waals surface area contributed by atoms with Gasteiger partial charge in [0.25, 0.3) is 11.8 Å². The minimum absolute atomic E-state index is 0.0127. The lowest BCUT2D eigenvalue weighted by molar-refractivity contribution is -0.142. The van der Waals surface area contributed by atoms with Crippen molar-refractivity contribution in [3.05, 3.63) is 118 Å². The molecule has 76 heavy (non-hydrogen) atoms. The molecule has 4 amide bonds. The van der Waals surface area contributed by atoms with Crippen molar-refractivity contribution in [3.63, 3.8) is 0 Å². The van der Waals surface area contributed by atoms with Crippen LogP contribution in [-0.2, 0) is 36.6 Å². The largest absolute Gasteiger partial charge is 0.491 e. The lowest BCUT2D eigenvalue weighted by Crippen LogP contribution is -2.54. The molecule has 0 bridgehead atoms. The molecule has 0 aliphatic carbocycles. The Morgan fingerprint density at radius 2 is 1.63 bits per heavy atom. The Kier molecular flexibility index (Phi) is 17.1. The van der Waals surface area contributed by atoms with Gasteiger partial charge in [0.05, 0.1) is 64.0 Å². The number of nitriles is 1. The second-order valence-electron chi connectivity index (χ2n) is 19.4. The number of thiazole rings is 1. The van der Waals surface area contributed by atoms with Crippen molar-refractivity contribution in [1.82, 2.24) is 14.8 Å². The molecule has 1 aromatic heterocycles. The molecular weight excluding hydrogens is 1020 g/mol. The Morgan fingerprint density at radius 3 is 2.30 bits per heavy atom. The van der Waals surface area contributed by atoms with E-state index in [-0.39, 0.29) is 55.3 Å². The zero-order valence-corrected chi connectivity index (χ0v) is 44.2. The van der Waals surface area contributed by atoms with Gasteiger partial charge in [-0.1, -0.05) is 38.1 Å². The molecule has 3 aliphatic rings. The van der Waals surface area contributed by atoms with E-state index in [0.29, 0.717) is 67.7 Å². The monoisotopic (exact) mass is 1080 g/mol. The van der Waals surface area contributed by atoms with Gasteiger partial charge < -0.3 is 44.1 Å². The summed E-state index contributed by atoms with van der Waals surface area (Å²) in [5.74, 6) is -0.965. The summed E-state index contributed by atoms with van der Waals surface area (Å²) in [5.41, 5.74) is 2.73. The van der Waals surface area contributed by atoms with Crippen LogP contribution in [0, 0.1) is 24.2 Å². The highest BCUT2D eigenvalue weighted by molar-refractivity contribution is 7.81. The number of fused-ring (bicyclic) bond motifs is 1. The predicted octanol–water partition coefficient (Wildman–Crippen LogP) is 8.78. The van der Waals surface area contributed by atoms with Crippen LogP contribution in [0.3, 0.4) is 0 Å². The molecule has 0 saturated carbocycles. The maximum Gasteiger partial charge on any atom is 0.417 e. The van der Waals surface area contributed by atoms with E-state index in [9.17, 15) is 42.7 Å². The maximum atomic E-state index is 14.3. The molecule has 0 radical (unpaired) electrons. The molecule has 3 aliphatic heterocycles. The van der Waals surface area contributed by atoms with Gasteiger partial charge in [0.1, 0.15) is 35.7 Å². The SMILES string of the molecule is Cc1ncsc1-c1ccc(NC(=O)[C@@H]2C[C@@H](O)CN2C(=O)C(C(C)C)N2Cc3ccccc3C2=O)c(OCCCOCCCOCCOc2ccc(N3C(=S)N(c4ccc(C#N)c(C(F)(F)F)c4)C(=O)C3(C)C)cc2)c1. The number of ether oxygens (including phenoxy) is 4. The van der Waals surface area contributed by atoms with Gasteiger partial charge in [0.2, 0.25) is 11.8 Å². The molecule has 16 nitrogen and oxygen atoms in total. The molecular formula is C55H58F3N7O9S2. The second-order valence-corrected chi connectivity index (χ2v) is 20.6. The number of benzene rings is 4. The summed E-state index contributed by atoms with van der Waals surface area (Å²) in [6.45, 7) is 11.2. The summed E-state index contributed by atoms with van der Waals surface area (Å²) in [6.07, 6.45) is -4.54. The number of thiocarbonyl (C=S) groups is 1. The molecule has 4 heterocycles. The van der Waals surface area contributed by atoms with Gasteiger partial charge in [-0.15, -0.1) is 11.3 Å². The number of aliphatic hydroxyl groups is 1. The Hall–Kier alpha value is -6.96. The van der Waals surface area contributed by atoms with Crippen molar-refractivity contribution < 1.29 is 56.4 Å². The quantitative estimate of drug-likeness (QED) is 0.0525. The van der Waals surface area contributed by atoms with Gasteiger partial charge in [-0.05, 0) is 117 Å². The number of aryl methyl sites for hydroxylation is 1. The first kappa shape index (κ1) is 55.3. The number of hydrogen-bond donors (Lipinski definition) is 2. The first-order valence-electron chi connectivity index (χ1n) is 24.8. The number of halogens is 3. The number of aliphatic hydroxyl groups excluding tert-OH is 1. The lowest BCUT2D eigenvalue weighted by atomic mass is 10.0. The smallest absolute Gasteiger partial charge is 0.417 e. The summed E-state index contributed by atoms with van der Waals surface area (Å²) < 4.78 is 64.9. The van der Waals surface area contributed by atoms with E-state index in [1.807, 2.05) is 45.0 Å². The molecule has 400 valence electrons. The first-order chi connectivity index (χ1) is 36.3. The van der Waals surface area contributed by atoms with Crippen LogP contribution >= 0.6 is 23.6 Å².